The van der Waals surface area contributed by atoms with Crippen molar-refractivity contribution in [2.24, 2.45) is 5.92 Å². The Morgan fingerprint density at radius 1 is 1.14 bits per heavy atom. The third-order valence-electron chi connectivity index (χ3n) is 6.56. The number of hydrogen-bond donors (Lipinski definition) is 2. The predicted molar refractivity (Wildman–Crippen MR) is 134 cm³/mol. The summed E-state index contributed by atoms with van der Waals surface area (Å²) in [6, 6.07) is 3.64. The number of nitrogens with zero attached hydrogens (tertiary/aromatic N) is 3. The molecule has 0 spiro atoms. The van der Waals surface area contributed by atoms with Crippen molar-refractivity contribution < 1.29 is 33.8 Å². The quantitative estimate of drug-likeness (QED) is 0.586. The Hall–Kier alpha value is -3.37. The molecule has 37 heavy (non-hydrogen) atoms. The van der Waals surface area contributed by atoms with Crippen LogP contribution in [0.4, 0.5) is 9.59 Å². The molecule has 2 saturated heterocycles. The highest BCUT2D eigenvalue weighted by atomic mass is 16.6. The standard InChI is InChI=1S/C26H38N4O7/c1-16(2)21(28-24(34)37-26(3,4)5)22(31)30-15-18(14-20(30)23(32)33)36-25(35)29-12-9-17(10-13-29)19-8-6-7-11-27-19/h6-8,11,16-18,20-21H,9-10,12-15H2,1-5H3,(H,28,34)(H,32,33)/t18?,20-,21-/m0/s1. The zero-order valence-electron chi connectivity index (χ0n) is 22.2. The molecule has 0 saturated carbocycles. The zero-order valence-corrected chi connectivity index (χ0v) is 22.2. The molecular weight excluding hydrogens is 480 g/mol. The number of rotatable bonds is 6. The van der Waals surface area contributed by atoms with E-state index in [2.05, 4.69) is 10.3 Å². The number of ether oxygens (including phenoxy) is 2. The first-order valence-corrected chi connectivity index (χ1v) is 12.7. The van der Waals surface area contributed by atoms with Gasteiger partial charge in [0.1, 0.15) is 23.8 Å². The van der Waals surface area contributed by atoms with Gasteiger partial charge in [0.15, 0.2) is 0 Å². The van der Waals surface area contributed by atoms with E-state index in [4.69, 9.17) is 9.47 Å². The second-order valence-electron chi connectivity index (χ2n) is 11.0. The van der Waals surface area contributed by atoms with Crippen LogP contribution in [0.3, 0.4) is 0 Å². The summed E-state index contributed by atoms with van der Waals surface area (Å²) in [5.41, 5.74) is 0.251. The molecule has 0 aliphatic carbocycles. The molecule has 1 aromatic heterocycles. The smallest absolute Gasteiger partial charge is 0.410 e. The molecule has 2 fully saturated rings. The number of carboxylic acids is 1. The molecule has 1 aromatic rings. The number of hydrogen-bond acceptors (Lipinski definition) is 7. The number of aliphatic carboxylic acids is 1. The van der Waals surface area contributed by atoms with Crippen LogP contribution in [0.5, 0.6) is 0 Å². The minimum absolute atomic E-state index is 0.0194. The van der Waals surface area contributed by atoms with Gasteiger partial charge in [-0.1, -0.05) is 19.9 Å². The molecule has 2 aliphatic heterocycles. The fraction of sp³-hybridized carbons (Fsp3) is 0.654. The van der Waals surface area contributed by atoms with Gasteiger partial charge in [-0.05, 0) is 51.7 Å². The number of pyridine rings is 1. The Morgan fingerprint density at radius 3 is 2.35 bits per heavy atom. The fourth-order valence-electron chi connectivity index (χ4n) is 4.68. The first kappa shape index (κ1) is 28.2. The molecule has 1 unspecified atom stereocenters. The zero-order chi connectivity index (χ0) is 27.3. The summed E-state index contributed by atoms with van der Waals surface area (Å²) in [4.78, 5) is 57.6. The van der Waals surface area contributed by atoms with E-state index in [-0.39, 0.29) is 24.8 Å². The van der Waals surface area contributed by atoms with Crippen molar-refractivity contribution >= 4 is 24.1 Å². The van der Waals surface area contributed by atoms with Gasteiger partial charge in [0.25, 0.3) is 0 Å². The highest BCUT2D eigenvalue weighted by Crippen LogP contribution is 2.28. The minimum Gasteiger partial charge on any atom is -0.480 e. The number of carbonyl (C=O) groups excluding carboxylic acids is 3. The van der Waals surface area contributed by atoms with E-state index in [0.717, 1.165) is 18.5 Å². The van der Waals surface area contributed by atoms with Gasteiger partial charge in [-0.25, -0.2) is 14.4 Å². The number of alkyl carbamates (subject to hydrolysis) is 1. The van der Waals surface area contributed by atoms with Crippen molar-refractivity contribution in [1.82, 2.24) is 20.1 Å². The van der Waals surface area contributed by atoms with E-state index >= 15 is 0 Å². The van der Waals surface area contributed by atoms with Gasteiger partial charge in [0.05, 0.1) is 6.54 Å². The molecule has 11 nitrogen and oxygen atoms in total. The van der Waals surface area contributed by atoms with Crippen molar-refractivity contribution in [2.45, 2.75) is 83.6 Å². The van der Waals surface area contributed by atoms with E-state index in [9.17, 15) is 24.3 Å². The molecule has 0 radical (unpaired) electrons. The fourth-order valence-corrected chi connectivity index (χ4v) is 4.68. The van der Waals surface area contributed by atoms with Crippen molar-refractivity contribution in [2.75, 3.05) is 19.6 Å². The molecule has 204 valence electrons. The molecule has 2 N–H and O–H groups in total. The van der Waals surface area contributed by atoms with Crippen LogP contribution in [-0.4, -0.2) is 87.4 Å². The predicted octanol–water partition coefficient (Wildman–Crippen LogP) is 3.00. The SMILES string of the molecule is CC(C)[C@H](NC(=O)OC(C)(C)C)C(=O)N1CC(OC(=O)N2CCC(c3ccccn3)CC2)C[C@H]1C(=O)O. The van der Waals surface area contributed by atoms with E-state index < -0.39 is 47.9 Å². The maximum Gasteiger partial charge on any atom is 0.410 e. The molecule has 0 bridgehead atoms. The normalized spacial score (nSPS) is 21.5. The maximum atomic E-state index is 13.3. The van der Waals surface area contributed by atoms with Crippen molar-refractivity contribution in [3.8, 4) is 0 Å². The summed E-state index contributed by atoms with van der Waals surface area (Å²) in [6.45, 7) is 9.57. The van der Waals surface area contributed by atoms with E-state index in [1.807, 2.05) is 18.2 Å². The van der Waals surface area contributed by atoms with Crippen LogP contribution in [-0.2, 0) is 19.1 Å². The lowest BCUT2D eigenvalue weighted by Crippen LogP contribution is -2.54. The van der Waals surface area contributed by atoms with Gasteiger partial charge in [0.2, 0.25) is 5.91 Å². The highest BCUT2D eigenvalue weighted by molar-refractivity contribution is 5.90. The molecule has 3 heterocycles. The minimum atomic E-state index is -1.19. The van der Waals surface area contributed by atoms with Gasteiger partial charge in [-0.3, -0.25) is 9.78 Å². The van der Waals surface area contributed by atoms with Gasteiger partial charge >= 0.3 is 18.2 Å². The highest BCUT2D eigenvalue weighted by Gasteiger charge is 2.45. The number of piperidine rings is 1. The summed E-state index contributed by atoms with van der Waals surface area (Å²) in [6.07, 6.45) is 1.21. The molecule has 2 aliphatic rings. The third kappa shape index (κ3) is 7.56. The summed E-state index contributed by atoms with van der Waals surface area (Å²) in [5.74, 6) is -1.80. The Bertz CT molecular complexity index is 971. The van der Waals surface area contributed by atoms with Gasteiger partial charge in [0, 0.05) is 37.3 Å². The average molecular weight is 519 g/mol. The molecule has 3 rings (SSSR count). The number of aromatic nitrogens is 1. The topological polar surface area (TPSA) is 138 Å². The van der Waals surface area contributed by atoms with Crippen LogP contribution >= 0.6 is 0 Å². The first-order chi connectivity index (χ1) is 17.4. The summed E-state index contributed by atoms with van der Waals surface area (Å²) < 4.78 is 10.9. The van der Waals surface area contributed by atoms with Crippen LogP contribution < -0.4 is 5.32 Å². The van der Waals surface area contributed by atoms with E-state index in [1.54, 1.807) is 45.7 Å². The van der Waals surface area contributed by atoms with Gasteiger partial charge < -0.3 is 29.7 Å². The largest absolute Gasteiger partial charge is 0.480 e. The molecule has 0 aromatic carbocycles. The monoisotopic (exact) mass is 518 g/mol. The Balaban J connectivity index is 1.60. The summed E-state index contributed by atoms with van der Waals surface area (Å²) >= 11 is 0. The number of carbonyl (C=O) groups is 4. The Kier molecular flexibility index (Phi) is 8.98. The molecule has 3 amide bonds. The second kappa shape index (κ2) is 11.8. The van der Waals surface area contributed by atoms with Crippen LogP contribution in [0.25, 0.3) is 0 Å². The first-order valence-electron chi connectivity index (χ1n) is 12.7. The second-order valence-corrected chi connectivity index (χ2v) is 11.0. The van der Waals surface area contributed by atoms with E-state index in [0.29, 0.717) is 13.1 Å². The van der Waals surface area contributed by atoms with Crippen molar-refractivity contribution in [3.63, 3.8) is 0 Å². The Labute approximate surface area is 217 Å². The van der Waals surface area contributed by atoms with Gasteiger partial charge in [-0.15, -0.1) is 0 Å². The summed E-state index contributed by atoms with van der Waals surface area (Å²) in [7, 11) is 0. The van der Waals surface area contributed by atoms with Gasteiger partial charge in [-0.2, -0.15) is 0 Å². The van der Waals surface area contributed by atoms with Crippen LogP contribution in [0, 0.1) is 5.92 Å². The van der Waals surface area contributed by atoms with E-state index in [1.165, 1.54) is 4.90 Å². The number of amides is 3. The number of nitrogens with one attached hydrogen (secondary N) is 1. The number of likely N-dealkylation sites (tertiary alicyclic amines) is 2. The summed E-state index contributed by atoms with van der Waals surface area (Å²) in [5, 5.41) is 12.3. The van der Waals surface area contributed by atoms with Crippen LogP contribution in [0.2, 0.25) is 0 Å². The van der Waals surface area contributed by atoms with Crippen molar-refractivity contribution in [3.05, 3.63) is 30.1 Å². The van der Waals surface area contributed by atoms with Crippen molar-refractivity contribution in [1.29, 1.82) is 0 Å². The maximum absolute atomic E-state index is 13.3. The molecular formula is C26H38N4O7. The molecule has 3 atom stereocenters. The number of carboxylic acid groups (broad SMARTS) is 1. The molecule has 11 heteroatoms. The average Bonchev–Trinajstić information content (AvgIpc) is 3.25. The van der Waals surface area contributed by atoms with Crippen LogP contribution in [0.15, 0.2) is 24.4 Å². The lowest BCUT2D eigenvalue weighted by molar-refractivity contribution is -0.149. The lowest BCUT2D eigenvalue weighted by Gasteiger charge is -2.32. The third-order valence-corrected chi connectivity index (χ3v) is 6.56. The van der Waals surface area contributed by atoms with Crippen LogP contribution in [0.1, 0.15) is 65.5 Å². The lowest BCUT2D eigenvalue weighted by atomic mass is 9.93. The Morgan fingerprint density at radius 2 is 1.81 bits per heavy atom.